The molecule has 0 saturated carbocycles. The van der Waals surface area contributed by atoms with Crippen LogP contribution >= 0.6 is 0 Å². The fourth-order valence-electron chi connectivity index (χ4n) is 2.02. The summed E-state index contributed by atoms with van der Waals surface area (Å²) in [5.74, 6) is 0. The summed E-state index contributed by atoms with van der Waals surface area (Å²) in [5.41, 5.74) is -0.352. The second-order valence-electron chi connectivity index (χ2n) is 5.76. The molecule has 1 aliphatic heterocycles. The molecule has 0 aromatic carbocycles. The molecule has 0 bridgehead atoms. The maximum absolute atomic E-state index is 9.75. The van der Waals surface area contributed by atoms with E-state index in [9.17, 15) is 5.11 Å². The Morgan fingerprint density at radius 1 is 1.29 bits per heavy atom. The van der Waals surface area contributed by atoms with Gasteiger partial charge in [-0.2, -0.15) is 0 Å². The summed E-state index contributed by atoms with van der Waals surface area (Å²) in [6.45, 7) is 12.2. The van der Waals surface area contributed by atoms with E-state index in [1.807, 2.05) is 13.8 Å². The first-order chi connectivity index (χ1) is 6.21. The fraction of sp³-hybridized carbons (Fsp3) is 1.00. The molecule has 0 atom stereocenters. The lowest BCUT2D eigenvalue weighted by Gasteiger charge is -2.46. The van der Waals surface area contributed by atoms with Gasteiger partial charge in [0.1, 0.15) is 0 Å². The summed E-state index contributed by atoms with van der Waals surface area (Å²) in [6.07, 6.45) is 0. The van der Waals surface area contributed by atoms with Gasteiger partial charge in [-0.05, 0) is 34.7 Å². The first-order valence-corrected chi connectivity index (χ1v) is 5.37. The van der Waals surface area contributed by atoms with E-state index in [1.54, 1.807) is 0 Å². The van der Waals surface area contributed by atoms with Crippen LogP contribution in [-0.4, -0.2) is 59.3 Å². The maximum atomic E-state index is 9.75. The summed E-state index contributed by atoms with van der Waals surface area (Å²) in [4.78, 5) is 4.73. The minimum absolute atomic E-state index is 0.226. The molecular formula is C11H24N2O. The highest BCUT2D eigenvalue weighted by atomic mass is 16.3. The van der Waals surface area contributed by atoms with Gasteiger partial charge in [0.2, 0.25) is 0 Å². The van der Waals surface area contributed by atoms with Crippen molar-refractivity contribution in [3.05, 3.63) is 0 Å². The smallest absolute Gasteiger partial charge is 0.0718 e. The number of β-amino-alcohol motifs (C(OH)–C–C–N with tert-alkyl or cyclic N) is 1. The molecule has 0 aromatic rings. The highest BCUT2D eigenvalue weighted by Gasteiger charge is 2.32. The topological polar surface area (TPSA) is 26.7 Å². The van der Waals surface area contributed by atoms with Crippen LogP contribution in [0.3, 0.4) is 0 Å². The van der Waals surface area contributed by atoms with E-state index >= 15 is 0 Å². The third-order valence-electron chi connectivity index (χ3n) is 3.01. The van der Waals surface area contributed by atoms with Gasteiger partial charge < -0.3 is 5.11 Å². The number of nitrogens with zero attached hydrogens (tertiary/aromatic N) is 2. The van der Waals surface area contributed by atoms with Crippen LogP contribution in [0.25, 0.3) is 0 Å². The van der Waals surface area contributed by atoms with Crippen LogP contribution in [0.2, 0.25) is 0 Å². The van der Waals surface area contributed by atoms with Crippen LogP contribution in [0, 0.1) is 0 Å². The molecule has 0 aromatic heterocycles. The van der Waals surface area contributed by atoms with Crippen molar-refractivity contribution in [3.8, 4) is 0 Å². The van der Waals surface area contributed by atoms with Crippen LogP contribution in [0.1, 0.15) is 27.7 Å². The minimum atomic E-state index is -0.577. The van der Waals surface area contributed by atoms with E-state index in [4.69, 9.17) is 0 Å². The van der Waals surface area contributed by atoms with Crippen molar-refractivity contribution >= 4 is 0 Å². The zero-order valence-electron chi connectivity index (χ0n) is 10.2. The molecule has 1 saturated heterocycles. The molecule has 0 spiro atoms. The molecule has 3 heteroatoms. The molecule has 0 aliphatic carbocycles. The Morgan fingerprint density at radius 3 is 2.29 bits per heavy atom. The Labute approximate surface area is 87.7 Å². The van der Waals surface area contributed by atoms with Crippen LogP contribution in [0.5, 0.6) is 0 Å². The van der Waals surface area contributed by atoms with Gasteiger partial charge in [0.05, 0.1) is 5.60 Å². The van der Waals surface area contributed by atoms with E-state index in [2.05, 4.69) is 30.7 Å². The number of hydrogen-bond acceptors (Lipinski definition) is 3. The maximum Gasteiger partial charge on any atom is 0.0718 e. The number of aliphatic hydroxyl groups is 1. The molecule has 0 amide bonds. The minimum Gasteiger partial charge on any atom is -0.389 e. The second kappa shape index (κ2) is 3.80. The summed E-state index contributed by atoms with van der Waals surface area (Å²) in [6, 6.07) is 0. The van der Waals surface area contributed by atoms with Crippen molar-refractivity contribution in [2.45, 2.75) is 38.8 Å². The van der Waals surface area contributed by atoms with Crippen LogP contribution in [0.15, 0.2) is 0 Å². The largest absolute Gasteiger partial charge is 0.389 e. The number of piperazine rings is 1. The van der Waals surface area contributed by atoms with E-state index in [0.717, 1.165) is 26.2 Å². The molecule has 84 valence electrons. The Balaban J connectivity index is 2.52. The van der Waals surface area contributed by atoms with Gasteiger partial charge in [0.15, 0.2) is 0 Å². The van der Waals surface area contributed by atoms with E-state index in [0.29, 0.717) is 0 Å². The van der Waals surface area contributed by atoms with Crippen LogP contribution in [-0.2, 0) is 0 Å². The Hall–Kier alpha value is -0.120. The standard InChI is InChI=1S/C11H24N2O/c1-10(2)8-13(7-6-12(10)5)9-11(3,4)14/h14H,6-9H2,1-5H3. The summed E-state index contributed by atoms with van der Waals surface area (Å²) >= 11 is 0. The van der Waals surface area contributed by atoms with Gasteiger partial charge in [-0.15, -0.1) is 0 Å². The summed E-state index contributed by atoms with van der Waals surface area (Å²) in [5, 5.41) is 9.75. The highest BCUT2D eigenvalue weighted by Crippen LogP contribution is 2.20. The zero-order valence-corrected chi connectivity index (χ0v) is 10.2. The molecule has 3 nitrogen and oxygen atoms in total. The number of rotatable bonds is 2. The van der Waals surface area contributed by atoms with Crippen molar-refractivity contribution in [2.75, 3.05) is 33.2 Å². The lowest BCUT2D eigenvalue weighted by Crippen LogP contribution is -2.59. The number of hydrogen-bond donors (Lipinski definition) is 1. The van der Waals surface area contributed by atoms with Gasteiger partial charge in [-0.1, -0.05) is 0 Å². The SMILES string of the molecule is CN1CCN(CC(C)(C)O)CC1(C)C. The van der Waals surface area contributed by atoms with Crippen LogP contribution < -0.4 is 0 Å². The predicted octanol–water partition coefficient (Wildman–Crippen LogP) is 0.783. The Morgan fingerprint density at radius 2 is 1.86 bits per heavy atom. The van der Waals surface area contributed by atoms with Gasteiger partial charge in [0.25, 0.3) is 0 Å². The van der Waals surface area contributed by atoms with Gasteiger partial charge in [-0.3, -0.25) is 9.80 Å². The van der Waals surface area contributed by atoms with Crippen molar-refractivity contribution in [2.24, 2.45) is 0 Å². The first-order valence-electron chi connectivity index (χ1n) is 5.37. The summed E-state index contributed by atoms with van der Waals surface area (Å²) < 4.78 is 0. The summed E-state index contributed by atoms with van der Waals surface area (Å²) in [7, 11) is 2.17. The van der Waals surface area contributed by atoms with Crippen molar-refractivity contribution in [1.29, 1.82) is 0 Å². The quantitative estimate of drug-likeness (QED) is 0.714. The van der Waals surface area contributed by atoms with Crippen molar-refractivity contribution in [1.82, 2.24) is 9.80 Å². The zero-order chi connectivity index (χ0) is 11.0. The van der Waals surface area contributed by atoms with Crippen molar-refractivity contribution < 1.29 is 5.11 Å². The second-order valence-corrected chi connectivity index (χ2v) is 5.76. The fourth-order valence-corrected chi connectivity index (χ4v) is 2.02. The van der Waals surface area contributed by atoms with Gasteiger partial charge in [-0.25, -0.2) is 0 Å². The molecule has 1 heterocycles. The third kappa shape index (κ3) is 3.23. The van der Waals surface area contributed by atoms with Crippen molar-refractivity contribution in [3.63, 3.8) is 0 Å². The molecule has 0 radical (unpaired) electrons. The van der Waals surface area contributed by atoms with Crippen LogP contribution in [0.4, 0.5) is 0 Å². The lowest BCUT2D eigenvalue weighted by molar-refractivity contribution is -0.0152. The van der Waals surface area contributed by atoms with E-state index in [1.165, 1.54) is 0 Å². The van der Waals surface area contributed by atoms with Gasteiger partial charge >= 0.3 is 0 Å². The molecule has 14 heavy (non-hydrogen) atoms. The average molecular weight is 200 g/mol. The Bertz CT molecular complexity index is 196. The highest BCUT2D eigenvalue weighted by molar-refractivity contribution is 4.89. The van der Waals surface area contributed by atoms with E-state index in [-0.39, 0.29) is 5.54 Å². The van der Waals surface area contributed by atoms with Gasteiger partial charge in [0, 0.05) is 31.7 Å². The molecule has 1 aliphatic rings. The Kier molecular flexibility index (Phi) is 3.24. The molecular weight excluding hydrogens is 176 g/mol. The van der Waals surface area contributed by atoms with E-state index < -0.39 is 5.60 Å². The average Bonchev–Trinajstić information content (AvgIpc) is 1.93. The molecule has 1 N–H and O–H groups in total. The lowest BCUT2D eigenvalue weighted by atomic mass is 9.98. The predicted molar refractivity (Wildman–Crippen MR) is 59.4 cm³/mol. The number of likely N-dealkylation sites (N-methyl/N-ethyl adjacent to an activating group) is 1. The third-order valence-corrected chi connectivity index (χ3v) is 3.01. The molecule has 0 unspecified atom stereocenters. The monoisotopic (exact) mass is 200 g/mol. The molecule has 1 rings (SSSR count). The first kappa shape index (κ1) is 12.0. The normalized spacial score (nSPS) is 25.3. The molecule has 1 fully saturated rings.